The van der Waals surface area contributed by atoms with Gasteiger partial charge in [-0.1, -0.05) is 0 Å². The smallest absolute Gasteiger partial charge is 0.163 e. The third kappa shape index (κ3) is 1.43. The molecule has 0 bridgehead atoms. The van der Waals surface area contributed by atoms with E-state index in [4.69, 9.17) is 9.57 Å². The van der Waals surface area contributed by atoms with Gasteiger partial charge in [-0.2, -0.15) is 4.65 Å². The van der Waals surface area contributed by atoms with E-state index in [1.165, 1.54) is 0 Å². The monoisotopic (exact) mass is 130 g/mol. The Hall–Kier alpha value is -0.540. The maximum atomic E-state index is 5.15. The van der Waals surface area contributed by atoms with Gasteiger partial charge in [0.25, 0.3) is 0 Å². The highest BCUT2D eigenvalue weighted by Gasteiger charge is 2.21. The highest BCUT2D eigenvalue weighted by Crippen LogP contribution is 2.07. The molecule has 52 valence electrons. The van der Waals surface area contributed by atoms with Crippen LogP contribution in [-0.2, 0) is 9.57 Å². The zero-order valence-corrected chi connectivity index (χ0v) is 5.83. The van der Waals surface area contributed by atoms with E-state index < -0.39 is 0 Å². The summed E-state index contributed by atoms with van der Waals surface area (Å²) in [5, 5.41) is 0. The second-order valence-electron chi connectivity index (χ2n) is 2.24. The van der Waals surface area contributed by atoms with Gasteiger partial charge in [-0.25, -0.2) is 4.84 Å². The van der Waals surface area contributed by atoms with Gasteiger partial charge in [0, 0.05) is 0 Å². The van der Waals surface area contributed by atoms with E-state index in [-0.39, 0.29) is 0 Å². The van der Waals surface area contributed by atoms with Crippen LogP contribution in [0.15, 0.2) is 12.5 Å². The van der Waals surface area contributed by atoms with Crippen molar-refractivity contribution in [3.05, 3.63) is 12.5 Å². The molecule has 0 aliphatic carbocycles. The van der Waals surface area contributed by atoms with Gasteiger partial charge in [0.2, 0.25) is 0 Å². The van der Waals surface area contributed by atoms with Crippen molar-refractivity contribution >= 4 is 0 Å². The van der Waals surface area contributed by atoms with Crippen LogP contribution in [0.5, 0.6) is 0 Å². The summed E-state index contributed by atoms with van der Waals surface area (Å²) in [5.74, 6) is 0. The normalized spacial score (nSPS) is 34.0. The Labute approximate surface area is 55.0 Å². The Morgan fingerprint density at radius 1 is 1.67 bits per heavy atom. The quantitative estimate of drug-likeness (QED) is 0.481. The molecule has 0 radical (unpaired) electrons. The largest absolute Gasteiger partial charge is 0.490 e. The molecule has 1 aliphatic rings. The van der Waals surface area contributed by atoms with Crippen LogP contribution in [0.3, 0.4) is 0 Å². The number of ether oxygens (including phenoxy) is 1. The first-order chi connectivity index (χ1) is 4.27. The van der Waals surface area contributed by atoms with Crippen molar-refractivity contribution in [2.75, 3.05) is 27.3 Å². The molecule has 0 saturated heterocycles. The van der Waals surface area contributed by atoms with E-state index in [9.17, 15) is 0 Å². The number of rotatable bonds is 1. The standard InChI is InChI=1S/C6H12NO2/c1-7(8-2)3-5-9-6-4-7/h3,5H,4,6H2,1-2H3/q+1. The highest BCUT2D eigenvalue weighted by atomic mass is 16.7. The summed E-state index contributed by atoms with van der Waals surface area (Å²) >= 11 is 0. The van der Waals surface area contributed by atoms with E-state index in [1.807, 2.05) is 13.2 Å². The average Bonchev–Trinajstić information content (AvgIpc) is 1.90. The van der Waals surface area contributed by atoms with Crippen LogP contribution in [-0.4, -0.2) is 32.0 Å². The molecule has 0 aromatic heterocycles. The zero-order valence-electron chi connectivity index (χ0n) is 5.83. The summed E-state index contributed by atoms with van der Waals surface area (Å²) < 4.78 is 5.50. The molecule has 9 heavy (non-hydrogen) atoms. The third-order valence-electron chi connectivity index (χ3n) is 1.54. The molecule has 0 amide bonds. The summed E-state index contributed by atoms with van der Waals surface area (Å²) in [6, 6.07) is 0. The fourth-order valence-corrected chi connectivity index (χ4v) is 0.700. The molecule has 1 aliphatic heterocycles. The summed E-state index contributed by atoms with van der Waals surface area (Å²) in [4.78, 5) is 5.15. The molecule has 0 saturated carbocycles. The minimum atomic E-state index is 0.514. The number of hydroxylamine groups is 3. The Balaban J connectivity index is 2.56. The molecule has 1 unspecified atom stereocenters. The molecule has 1 heterocycles. The maximum absolute atomic E-state index is 5.15. The van der Waals surface area contributed by atoms with Crippen LogP contribution in [0, 0.1) is 0 Å². The van der Waals surface area contributed by atoms with E-state index >= 15 is 0 Å². The molecule has 0 fully saturated rings. The second-order valence-corrected chi connectivity index (χ2v) is 2.24. The summed E-state index contributed by atoms with van der Waals surface area (Å²) in [7, 11) is 3.68. The van der Waals surface area contributed by atoms with Gasteiger partial charge in [0.1, 0.15) is 26.5 Å². The fourth-order valence-electron chi connectivity index (χ4n) is 0.700. The van der Waals surface area contributed by atoms with Gasteiger partial charge in [-0.3, -0.25) is 0 Å². The van der Waals surface area contributed by atoms with Crippen LogP contribution in [0.2, 0.25) is 0 Å². The fraction of sp³-hybridized carbons (Fsp3) is 0.667. The third-order valence-corrected chi connectivity index (χ3v) is 1.54. The van der Waals surface area contributed by atoms with Crippen LogP contribution in [0.25, 0.3) is 0 Å². The lowest BCUT2D eigenvalue weighted by atomic mass is 10.5. The van der Waals surface area contributed by atoms with Gasteiger partial charge in [-0.15, -0.1) is 0 Å². The number of nitrogens with zero attached hydrogens (tertiary/aromatic N) is 1. The Morgan fingerprint density at radius 3 is 2.78 bits per heavy atom. The Morgan fingerprint density at radius 2 is 2.44 bits per heavy atom. The topological polar surface area (TPSA) is 18.5 Å². The Kier molecular flexibility index (Phi) is 1.73. The van der Waals surface area contributed by atoms with Crippen LogP contribution >= 0.6 is 0 Å². The first-order valence-electron chi connectivity index (χ1n) is 2.97. The van der Waals surface area contributed by atoms with E-state index in [1.54, 1.807) is 13.4 Å². The molecule has 0 aromatic rings. The molecule has 3 nitrogen and oxygen atoms in total. The molecule has 0 aromatic carbocycles. The molecule has 0 N–H and O–H groups in total. The van der Waals surface area contributed by atoms with E-state index in [0.29, 0.717) is 4.65 Å². The molecular weight excluding hydrogens is 118 g/mol. The first kappa shape index (κ1) is 6.58. The first-order valence-corrected chi connectivity index (χ1v) is 2.97. The van der Waals surface area contributed by atoms with Gasteiger partial charge in [0.05, 0.1) is 7.11 Å². The zero-order chi connectivity index (χ0) is 6.74. The summed E-state index contributed by atoms with van der Waals surface area (Å²) in [5.41, 5.74) is 0. The van der Waals surface area contributed by atoms with Crippen molar-refractivity contribution in [3.63, 3.8) is 0 Å². The molecule has 1 atom stereocenters. The van der Waals surface area contributed by atoms with Gasteiger partial charge in [-0.05, 0) is 0 Å². The molecular formula is C6H12NO2+. The highest BCUT2D eigenvalue weighted by molar-refractivity contribution is 4.64. The minimum absolute atomic E-state index is 0.514. The SMILES string of the molecule is CO[N+]1(C)C=COCC1. The van der Waals surface area contributed by atoms with Gasteiger partial charge >= 0.3 is 0 Å². The van der Waals surface area contributed by atoms with Crippen LogP contribution in [0.4, 0.5) is 0 Å². The van der Waals surface area contributed by atoms with E-state index in [0.717, 1.165) is 13.2 Å². The van der Waals surface area contributed by atoms with Crippen molar-refractivity contribution in [1.29, 1.82) is 0 Å². The van der Waals surface area contributed by atoms with Crippen molar-refractivity contribution in [2.45, 2.75) is 0 Å². The predicted molar refractivity (Wildman–Crippen MR) is 33.2 cm³/mol. The van der Waals surface area contributed by atoms with Crippen LogP contribution in [0.1, 0.15) is 0 Å². The number of hydrogen-bond donors (Lipinski definition) is 0. The lowest BCUT2D eigenvalue weighted by Gasteiger charge is -2.27. The van der Waals surface area contributed by atoms with Crippen molar-refractivity contribution in [2.24, 2.45) is 0 Å². The second kappa shape index (κ2) is 2.37. The number of quaternary nitrogens is 1. The Bertz CT molecular complexity index is 124. The van der Waals surface area contributed by atoms with Gasteiger partial charge < -0.3 is 4.74 Å². The van der Waals surface area contributed by atoms with Crippen molar-refractivity contribution in [3.8, 4) is 0 Å². The maximum Gasteiger partial charge on any atom is 0.163 e. The van der Waals surface area contributed by atoms with Crippen molar-refractivity contribution in [1.82, 2.24) is 0 Å². The molecule has 0 spiro atoms. The van der Waals surface area contributed by atoms with Crippen LogP contribution < -0.4 is 0 Å². The predicted octanol–water partition coefficient (Wildman–Crippen LogP) is 0.496. The van der Waals surface area contributed by atoms with Crippen molar-refractivity contribution < 1.29 is 14.2 Å². The molecule has 3 heteroatoms. The number of hydrogen-bond acceptors (Lipinski definition) is 2. The van der Waals surface area contributed by atoms with E-state index in [2.05, 4.69) is 0 Å². The lowest BCUT2D eigenvalue weighted by molar-refractivity contribution is -1.05. The minimum Gasteiger partial charge on any atom is -0.490 e. The number of likely N-dealkylation sites (N-methyl/N-ethyl adjacent to an activating group) is 1. The lowest BCUT2D eigenvalue weighted by Crippen LogP contribution is -2.41. The molecule has 1 rings (SSSR count). The average molecular weight is 130 g/mol. The van der Waals surface area contributed by atoms with Gasteiger partial charge in [0.15, 0.2) is 6.20 Å². The summed E-state index contributed by atoms with van der Waals surface area (Å²) in [6.07, 6.45) is 3.55. The summed E-state index contributed by atoms with van der Waals surface area (Å²) in [6.45, 7) is 1.62.